The van der Waals surface area contributed by atoms with Gasteiger partial charge in [-0.05, 0) is 12.8 Å². The quantitative estimate of drug-likeness (QED) is 0.170. The van der Waals surface area contributed by atoms with Gasteiger partial charge in [0.25, 0.3) is 0 Å². The van der Waals surface area contributed by atoms with Crippen LogP contribution >= 0.6 is 0 Å². The number of morpholine rings is 1. The summed E-state index contributed by atoms with van der Waals surface area (Å²) in [5.74, 6) is 5.32. The molecule has 25 heavy (non-hydrogen) atoms. The smallest absolute Gasteiger partial charge is 0.308 e. The van der Waals surface area contributed by atoms with Gasteiger partial charge in [0.1, 0.15) is 26.2 Å². The number of hydrogen-bond acceptors (Lipinski definition) is 7. The maximum absolute atomic E-state index is 11.1. The van der Waals surface area contributed by atoms with Crippen molar-refractivity contribution in [2.75, 3.05) is 65.0 Å². The average molecular weight is 377 g/mol. The summed E-state index contributed by atoms with van der Waals surface area (Å²) in [6.07, 6.45) is 0.528. The maximum atomic E-state index is 11.1. The van der Waals surface area contributed by atoms with E-state index in [0.717, 1.165) is 13.1 Å². The van der Waals surface area contributed by atoms with Crippen molar-refractivity contribution in [2.45, 2.75) is 19.8 Å². The Morgan fingerprint density at radius 3 is 2.64 bits per heavy atom. The van der Waals surface area contributed by atoms with Crippen LogP contribution in [0, 0.1) is 11.8 Å². The minimum absolute atomic E-state index is 0.205. The second-order valence-electron chi connectivity index (χ2n) is 5.86. The van der Waals surface area contributed by atoms with Crippen LogP contribution in [0.15, 0.2) is 0 Å². The van der Waals surface area contributed by atoms with Gasteiger partial charge in [-0.25, -0.2) is 8.42 Å². The van der Waals surface area contributed by atoms with E-state index in [1.54, 1.807) is 6.92 Å². The summed E-state index contributed by atoms with van der Waals surface area (Å²) in [5, 5.41) is 0. The second-order valence-corrected chi connectivity index (χ2v) is 7.38. The Bertz CT molecular complexity index is 559. The first-order valence-corrected chi connectivity index (χ1v) is 10.0. The fourth-order valence-electron chi connectivity index (χ4n) is 2.55. The van der Waals surface area contributed by atoms with Crippen LogP contribution in [0.5, 0.6) is 0 Å². The topological polar surface area (TPSA) is 102 Å². The molecule has 0 aromatic carbocycles. The van der Waals surface area contributed by atoms with Crippen molar-refractivity contribution < 1.29 is 36.5 Å². The molecular formula is C16H27NO7S. The molecule has 1 heterocycles. The van der Waals surface area contributed by atoms with Crippen LogP contribution < -0.4 is 0 Å². The van der Waals surface area contributed by atoms with Gasteiger partial charge in [0.15, 0.2) is 0 Å². The average Bonchev–Trinajstić information content (AvgIpc) is 2.54. The molecule has 144 valence electrons. The van der Waals surface area contributed by atoms with Gasteiger partial charge >= 0.3 is 5.97 Å². The largest absolute Gasteiger partial charge is 0.748 e. The lowest BCUT2D eigenvalue weighted by Crippen LogP contribution is -2.56. The number of quaternary nitrogens is 1. The molecule has 0 radical (unpaired) electrons. The molecule has 9 heteroatoms. The molecule has 0 aromatic rings. The zero-order valence-corrected chi connectivity index (χ0v) is 15.5. The van der Waals surface area contributed by atoms with Gasteiger partial charge in [0, 0.05) is 12.2 Å². The number of hydrogen-bond donors (Lipinski definition) is 0. The van der Waals surface area contributed by atoms with E-state index in [1.807, 2.05) is 0 Å². The molecule has 0 aliphatic carbocycles. The third kappa shape index (κ3) is 10.4. The van der Waals surface area contributed by atoms with E-state index < -0.39 is 10.1 Å². The maximum Gasteiger partial charge on any atom is 0.308 e. The number of carbonyl (C=O) groups is 1. The molecule has 0 saturated carbocycles. The fraction of sp³-hybridized carbons (Fsp3) is 0.812. The van der Waals surface area contributed by atoms with Crippen molar-refractivity contribution in [1.82, 2.24) is 0 Å². The summed E-state index contributed by atoms with van der Waals surface area (Å²) in [7, 11) is -4.18. The van der Waals surface area contributed by atoms with Crippen molar-refractivity contribution >= 4 is 16.1 Å². The first kappa shape index (κ1) is 21.9. The van der Waals surface area contributed by atoms with Crippen LogP contribution in [-0.4, -0.2) is 88.4 Å². The van der Waals surface area contributed by atoms with Gasteiger partial charge in [-0.1, -0.05) is 5.92 Å². The van der Waals surface area contributed by atoms with Crippen molar-refractivity contribution in [3.63, 3.8) is 0 Å². The predicted octanol–water partition coefficient (Wildman–Crippen LogP) is -0.258. The molecule has 8 nitrogen and oxygen atoms in total. The highest BCUT2D eigenvalue weighted by atomic mass is 32.2. The predicted molar refractivity (Wildman–Crippen MR) is 89.6 cm³/mol. The van der Waals surface area contributed by atoms with E-state index in [2.05, 4.69) is 11.8 Å². The van der Waals surface area contributed by atoms with Crippen molar-refractivity contribution in [3.8, 4) is 11.8 Å². The Morgan fingerprint density at radius 1 is 1.28 bits per heavy atom. The Morgan fingerprint density at radius 2 is 2.00 bits per heavy atom. The molecule has 0 amide bonds. The second kappa shape index (κ2) is 11.4. The van der Waals surface area contributed by atoms with Gasteiger partial charge in [0.2, 0.25) is 0 Å². The van der Waals surface area contributed by atoms with E-state index in [1.165, 1.54) is 0 Å². The molecule has 1 rings (SSSR count). The normalized spacial score (nSPS) is 16.7. The lowest BCUT2D eigenvalue weighted by Gasteiger charge is -2.40. The monoisotopic (exact) mass is 377 g/mol. The molecule has 0 N–H and O–H groups in total. The first-order valence-electron chi connectivity index (χ1n) is 8.42. The van der Waals surface area contributed by atoms with Crippen LogP contribution in [0.25, 0.3) is 0 Å². The Hall–Kier alpha value is -1.18. The molecule has 1 aliphatic heterocycles. The summed E-state index contributed by atoms with van der Waals surface area (Å²) >= 11 is 0. The standard InChI is InChI=1S/C16H27NO7S/c1-2-24-16(18)6-12-22-11-4-3-7-17(9-13-23-14-10-17)8-5-15-25(19,20)21/h2,5-15H2,1H3. The van der Waals surface area contributed by atoms with Gasteiger partial charge in [-0.2, -0.15) is 0 Å². The summed E-state index contributed by atoms with van der Waals surface area (Å²) in [6, 6.07) is 0. The van der Waals surface area contributed by atoms with Crippen molar-refractivity contribution in [2.24, 2.45) is 0 Å². The molecule has 0 aromatic heterocycles. The van der Waals surface area contributed by atoms with E-state index >= 15 is 0 Å². The number of nitrogens with zero attached hydrogens (tertiary/aromatic N) is 1. The Balaban J connectivity index is 2.34. The molecule has 1 aliphatic rings. The third-order valence-corrected chi connectivity index (χ3v) is 4.70. The number of esters is 1. The molecule has 0 spiro atoms. The van der Waals surface area contributed by atoms with Crippen molar-refractivity contribution in [1.29, 1.82) is 0 Å². The zero-order valence-electron chi connectivity index (χ0n) is 14.7. The molecule has 0 unspecified atom stereocenters. The highest BCUT2D eigenvalue weighted by Gasteiger charge is 2.29. The minimum atomic E-state index is -4.18. The van der Waals surface area contributed by atoms with Gasteiger partial charge in [0.05, 0.1) is 49.5 Å². The molecule has 0 bridgehead atoms. The van der Waals surface area contributed by atoms with E-state index in [9.17, 15) is 17.8 Å². The van der Waals surface area contributed by atoms with Gasteiger partial charge in [-0.15, -0.1) is 0 Å². The van der Waals surface area contributed by atoms with Crippen LogP contribution in [-0.2, 0) is 29.1 Å². The number of ether oxygens (including phenoxy) is 3. The SMILES string of the molecule is CCOC(=O)CCOCC#CC[N+]1(CCCS(=O)(=O)[O-])CCOCC1. The summed E-state index contributed by atoms with van der Waals surface area (Å²) < 4.78 is 48.3. The summed E-state index contributed by atoms with van der Waals surface area (Å²) in [4.78, 5) is 11.1. The highest BCUT2D eigenvalue weighted by Crippen LogP contribution is 2.12. The van der Waals surface area contributed by atoms with E-state index in [4.69, 9.17) is 14.2 Å². The molecule has 0 atom stereocenters. The van der Waals surface area contributed by atoms with Gasteiger partial charge in [-0.3, -0.25) is 4.79 Å². The lowest BCUT2D eigenvalue weighted by atomic mass is 10.2. The van der Waals surface area contributed by atoms with Crippen LogP contribution in [0.2, 0.25) is 0 Å². The van der Waals surface area contributed by atoms with Crippen LogP contribution in [0.1, 0.15) is 19.8 Å². The third-order valence-electron chi connectivity index (χ3n) is 3.92. The Kier molecular flexibility index (Phi) is 10.0. The first-order chi connectivity index (χ1) is 11.9. The number of rotatable bonds is 10. The lowest BCUT2D eigenvalue weighted by molar-refractivity contribution is -0.928. The molecule has 1 saturated heterocycles. The van der Waals surface area contributed by atoms with Crippen LogP contribution in [0.4, 0.5) is 0 Å². The van der Waals surface area contributed by atoms with Crippen molar-refractivity contribution in [3.05, 3.63) is 0 Å². The summed E-state index contributed by atoms with van der Waals surface area (Å²) in [5.41, 5.74) is 0. The molecule has 1 fully saturated rings. The summed E-state index contributed by atoms with van der Waals surface area (Å²) in [6.45, 7) is 6.44. The van der Waals surface area contributed by atoms with E-state index in [-0.39, 0.29) is 31.4 Å². The highest BCUT2D eigenvalue weighted by molar-refractivity contribution is 7.85. The van der Waals surface area contributed by atoms with Crippen LogP contribution in [0.3, 0.4) is 0 Å². The van der Waals surface area contributed by atoms with E-state index in [0.29, 0.717) is 43.8 Å². The number of carbonyl (C=O) groups excluding carboxylic acids is 1. The zero-order chi connectivity index (χ0) is 18.6. The fourth-order valence-corrected chi connectivity index (χ4v) is 3.04. The molecular weight excluding hydrogens is 350 g/mol. The minimum Gasteiger partial charge on any atom is -0.748 e. The Labute approximate surface area is 149 Å². The van der Waals surface area contributed by atoms with Gasteiger partial charge < -0.3 is 23.2 Å².